The van der Waals surface area contributed by atoms with Crippen LogP contribution in [0.5, 0.6) is 0 Å². The summed E-state index contributed by atoms with van der Waals surface area (Å²) in [5, 5.41) is 18.6. The fraction of sp³-hybridized carbons (Fsp3) is 0.526. The second-order valence-electron chi connectivity index (χ2n) is 6.64. The van der Waals surface area contributed by atoms with Crippen LogP contribution < -0.4 is 5.48 Å². The monoisotopic (exact) mass is 362 g/mol. The Labute approximate surface area is 153 Å². The van der Waals surface area contributed by atoms with Crippen molar-refractivity contribution in [2.75, 3.05) is 6.54 Å². The number of rotatable bonds is 7. The zero-order valence-corrected chi connectivity index (χ0v) is 14.9. The topological polar surface area (TPSA) is 107 Å². The van der Waals surface area contributed by atoms with Gasteiger partial charge in [0.15, 0.2) is 0 Å². The number of benzene rings is 1. The van der Waals surface area contributed by atoms with Gasteiger partial charge in [-0.05, 0) is 25.3 Å². The second-order valence-corrected chi connectivity index (χ2v) is 6.64. The van der Waals surface area contributed by atoms with E-state index in [2.05, 4.69) is 0 Å². The number of amides is 2. The van der Waals surface area contributed by atoms with Crippen LogP contribution in [0.4, 0.5) is 0 Å². The fourth-order valence-electron chi connectivity index (χ4n) is 3.72. The Morgan fingerprint density at radius 1 is 1.15 bits per heavy atom. The van der Waals surface area contributed by atoms with E-state index in [1.807, 2.05) is 30.3 Å². The van der Waals surface area contributed by atoms with Crippen LogP contribution in [0.2, 0.25) is 0 Å². The molecule has 1 fully saturated rings. The Hall–Kier alpha value is -2.41. The van der Waals surface area contributed by atoms with Crippen LogP contribution in [0.3, 0.4) is 0 Å². The molecule has 1 aliphatic rings. The average molecular weight is 362 g/mol. The van der Waals surface area contributed by atoms with Crippen LogP contribution in [-0.4, -0.2) is 45.6 Å². The van der Waals surface area contributed by atoms with Gasteiger partial charge in [0.05, 0.1) is 11.8 Å². The minimum Gasteiger partial charge on any atom is -0.481 e. The first-order chi connectivity index (χ1) is 12.5. The molecule has 0 bridgehead atoms. The van der Waals surface area contributed by atoms with Gasteiger partial charge in [-0.25, -0.2) is 5.48 Å². The van der Waals surface area contributed by atoms with Crippen LogP contribution in [0.25, 0.3) is 0 Å². The van der Waals surface area contributed by atoms with Gasteiger partial charge in [-0.15, -0.1) is 0 Å². The standard InChI is InChI=1S/C19H26N2O5/c1-2-21(18(23)14-10-6-7-11-15(14)19(24)25)16(17(22)20-26)12-13-8-4-3-5-9-13/h3-5,8-9,14-16,26H,2,6-7,10-12H2,1H3,(H,20,22)(H,24,25)/t14-,15-,16?/m1/s1. The lowest BCUT2D eigenvalue weighted by molar-refractivity contribution is -0.155. The van der Waals surface area contributed by atoms with E-state index in [1.165, 1.54) is 4.90 Å². The molecule has 1 unspecified atom stereocenters. The minimum atomic E-state index is -0.967. The molecule has 7 heteroatoms. The largest absolute Gasteiger partial charge is 0.481 e. The molecule has 7 nitrogen and oxygen atoms in total. The molecule has 2 rings (SSSR count). The van der Waals surface area contributed by atoms with E-state index >= 15 is 0 Å². The van der Waals surface area contributed by atoms with Gasteiger partial charge >= 0.3 is 5.97 Å². The Balaban J connectivity index is 2.26. The molecule has 1 aromatic rings. The molecular formula is C19H26N2O5. The lowest BCUT2D eigenvalue weighted by atomic mass is 9.78. The lowest BCUT2D eigenvalue weighted by Gasteiger charge is -2.36. The zero-order chi connectivity index (χ0) is 19.1. The minimum absolute atomic E-state index is 0.247. The molecule has 1 aromatic carbocycles. The highest BCUT2D eigenvalue weighted by atomic mass is 16.5. The van der Waals surface area contributed by atoms with E-state index in [9.17, 15) is 19.5 Å². The molecule has 26 heavy (non-hydrogen) atoms. The van der Waals surface area contributed by atoms with Gasteiger partial charge in [-0.3, -0.25) is 19.6 Å². The van der Waals surface area contributed by atoms with Crippen LogP contribution in [0, 0.1) is 11.8 Å². The maximum absolute atomic E-state index is 13.1. The van der Waals surface area contributed by atoms with E-state index in [4.69, 9.17) is 5.21 Å². The summed E-state index contributed by atoms with van der Waals surface area (Å²) in [6.07, 6.45) is 2.81. The highest BCUT2D eigenvalue weighted by Gasteiger charge is 2.40. The summed E-state index contributed by atoms with van der Waals surface area (Å²) in [5.41, 5.74) is 2.50. The number of aliphatic carboxylic acids is 1. The van der Waals surface area contributed by atoms with Crippen molar-refractivity contribution < 1.29 is 24.7 Å². The molecule has 0 radical (unpaired) electrons. The van der Waals surface area contributed by atoms with Crippen molar-refractivity contribution >= 4 is 17.8 Å². The first kappa shape index (κ1) is 19.9. The van der Waals surface area contributed by atoms with E-state index in [0.29, 0.717) is 12.8 Å². The Bertz CT molecular complexity index is 634. The molecule has 0 aromatic heterocycles. The van der Waals surface area contributed by atoms with Crippen molar-refractivity contribution in [2.45, 2.75) is 45.1 Å². The van der Waals surface area contributed by atoms with Crippen LogP contribution in [0.1, 0.15) is 38.2 Å². The number of carboxylic acid groups (broad SMARTS) is 1. The van der Waals surface area contributed by atoms with Crippen LogP contribution in [0.15, 0.2) is 30.3 Å². The number of nitrogens with one attached hydrogen (secondary N) is 1. The summed E-state index contributed by atoms with van der Waals surface area (Å²) >= 11 is 0. The Kier molecular flexibility index (Phi) is 7.15. The molecule has 0 heterocycles. The summed E-state index contributed by atoms with van der Waals surface area (Å²) < 4.78 is 0. The summed E-state index contributed by atoms with van der Waals surface area (Å²) in [5.74, 6) is -3.33. The summed E-state index contributed by atoms with van der Waals surface area (Å²) in [7, 11) is 0. The van der Waals surface area contributed by atoms with E-state index in [1.54, 1.807) is 12.4 Å². The Morgan fingerprint density at radius 3 is 2.31 bits per heavy atom. The highest BCUT2D eigenvalue weighted by Crippen LogP contribution is 2.32. The number of carbonyl (C=O) groups excluding carboxylic acids is 2. The van der Waals surface area contributed by atoms with Gasteiger partial charge in [-0.1, -0.05) is 43.2 Å². The number of nitrogens with zero attached hydrogens (tertiary/aromatic N) is 1. The number of hydrogen-bond acceptors (Lipinski definition) is 4. The fourth-order valence-corrected chi connectivity index (χ4v) is 3.72. The maximum atomic E-state index is 13.1. The third kappa shape index (κ3) is 4.60. The van der Waals surface area contributed by atoms with Crippen molar-refractivity contribution in [3.8, 4) is 0 Å². The van der Waals surface area contributed by atoms with E-state index < -0.39 is 29.8 Å². The molecule has 1 saturated carbocycles. The average Bonchev–Trinajstić information content (AvgIpc) is 2.67. The maximum Gasteiger partial charge on any atom is 0.307 e. The molecule has 3 N–H and O–H groups in total. The first-order valence-electron chi connectivity index (χ1n) is 9.00. The van der Waals surface area contributed by atoms with Gasteiger partial charge in [0, 0.05) is 13.0 Å². The van der Waals surface area contributed by atoms with Crippen molar-refractivity contribution in [2.24, 2.45) is 11.8 Å². The molecule has 0 saturated heterocycles. The molecule has 3 atom stereocenters. The van der Waals surface area contributed by atoms with E-state index in [-0.39, 0.29) is 18.9 Å². The molecule has 1 aliphatic carbocycles. The quantitative estimate of drug-likeness (QED) is 0.507. The summed E-state index contributed by atoms with van der Waals surface area (Å²) in [6.45, 7) is 2.01. The highest BCUT2D eigenvalue weighted by molar-refractivity contribution is 5.90. The lowest BCUT2D eigenvalue weighted by Crippen LogP contribution is -2.53. The summed E-state index contributed by atoms with van der Waals surface area (Å²) in [6, 6.07) is 8.32. The number of hydroxylamine groups is 1. The van der Waals surface area contributed by atoms with Gasteiger partial charge in [0.2, 0.25) is 5.91 Å². The normalized spacial score (nSPS) is 20.8. The van der Waals surface area contributed by atoms with Crippen molar-refractivity contribution in [1.82, 2.24) is 10.4 Å². The smallest absolute Gasteiger partial charge is 0.307 e. The van der Waals surface area contributed by atoms with Crippen LogP contribution in [-0.2, 0) is 20.8 Å². The molecular weight excluding hydrogens is 336 g/mol. The van der Waals surface area contributed by atoms with Gasteiger partial charge in [0.25, 0.3) is 5.91 Å². The first-order valence-corrected chi connectivity index (χ1v) is 9.00. The third-order valence-electron chi connectivity index (χ3n) is 5.09. The second kappa shape index (κ2) is 9.33. The molecule has 0 aliphatic heterocycles. The summed E-state index contributed by atoms with van der Waals surface area (Å²) in [4.78, 5) is 38.3. The molecule has 142 valence electrons. The third-order valence-corrected chi connectivity index (χ3v) is 5.09. The Morgan fingerprint density at radius 2 is 1.77 bits per heavy atom. The van der Waals surface area contributed by atoms with Gasteiger partial charge in [0.1, 0.15) is 6.04 Å². The number of hydrogen-bond donors (Lipinski definition) is 3. The number of carbonyl (C=O) groups is 3. The zero-order valence-electron chi connectivity index (χ0n) is 14.9. The van der Waals surface area contributed by atoms with Crippen molar-refractivity contribution in [1.29, 1.82) is 0 Å². The SMILES string of the molecule is CCN(C(=O)[C@@H]1CCCC[C@H]1C(=O)O)C(Cc1ccccc1)C(=O)NO. The molecule has 0 spiro atoms. The number of likely N-dealkylation sites (N-methyl/N-ethyl adjacent to an activating group) is 1. The van der Waals surface area contributed by atoms with Crippen molar-refractivity contribution in [3.05, 3.63) is 35.9 Å². The number of carboxylic acids is 1. The predicted molar refractivity (Wildman–Crippen MR) is 94.3 cm³/mol. The molecule has 2 amide bonds. The van der Waals surface area contributed by atoms with Gasteiger partial charge in [-0.2, -0.15) is 0 Å². The van der Waals surface area contributed by atoms with Gasteiger partial charge < -0.3 is 10.0 Å². The van der Waals surface area contributed by atoms with Crippen molar-refractivity contribution in [3.63, 3.8) is 0 Å². The van der Waals surface area contributed by atoms with Crippen LogP contribution >= 0.6 is 0 Å². The van der Waals surface area contributed by atoms with E-state index in [0.717, 1.165) is 18.4 Å². The predicted octanol–water partition coefficient (Wildman–Crippen LogP) is 1.84.